The second kappa shape index (κ2) is 10.2. The number of carbonyl (C=O) groups is 2. The molecule has 7 nitrogen and oxygen atoms in total. The van der Waals surface area contributed by atoms with Gasteiger partial charge in [0.2, 0.25) is 15.9 Å². The van der Waals surface area contributed by atoms with Crippen molar-refractivity contribution < 1.29 is 22.4 Å². The highest BCUT2D eigenvalue weighted by Crippen LogP contribution is 2.24. The third-order valence-corrected chi connectivity index (χ3v) is 7.15. The quantitative estimate of drug-likeness (QED) is 0.611. The SMILES string of the molecule is O=C(NCCNC(=O)C1CCCN(S(=O)(=O)c2ccc(F)cc2)C1)c1ccc(Cl)cc1. The van der Waals surface area contributed by atoms with Gasteiger partial charge in [-0.25, -0.2) is 12.8 Å². The van der Waals surface area contributed by atoms with Crippen LogP contribution in [0.25, 0.3) is 0 Å². The summed E-state index contributed by atoms with van der Waals surface area (Å²) in [6, 6.07) is 11.1. The van der Waals surface area contributed by atoms with Crippen molar-refractivity contribution in [3.05, 3.63) is 64.9 Å². The molecule has 2 aromatic carbocycles. The molecule has 2 N–H and O–H groups in total. The fourth-order valence-corrected chi connectivity index (χ4v) is 4.99. The third-order valence-electron chi connectivity index (χ3n) is 5.02. The van der Waals surface area contributed by atoms with E-state index in [9.17, 15) is 22.4 Å². The van der Waals surface area contributed by atoms with Crippen molar-refractivity contribution in [2.24, 2.45) is 5.92 Å². The first-order valence-electron chi connectivity index (χ1n) is 9.84. The third kappa shape index (κ3) is 6.03. The van der Waals surface area contributed by atoms with Gasteiger partial charge in [-0.2, -0.15) is 4.31 Å². The van der Waals surface area contributed by atoms with Gasteiger partial charge in [0.15, 0.2) is 0 Å². The Labute approximate surface area is 185 Å². The van der Waals surface area contributed by atoms with E-state index in [0.717, 1.165) is 12.1 Å². The van der Waals surface area contributed by atoms with Crippen molar-refractivity contribution in [1.29, 1.82) is 0 Å². The van der Waals surface area contributed by atoms with E-state index in [1.165, 1.54) is 16.4 Å². The lowest BCUT2D eigenvalue weighted by Gasteiger charge is -2.31. The predicted molar refractivity (Wildman–Crippen MR) is 115 cm³/mol. The number of amides is 2. The van der Waals surface area contributed by atoms with Crippen molar-refractivity contribution in [1.82, 2.24) is 14.9 Å². The fraction of sp³-hybridized carbons (Fsp3) is 0.333. The Morgan fingerprint density at radius 3 is 2.35 bits per heavy atom. The van der Waals surface area contributed by atoms with Gasteiger partial charge >= 0.3 is 0 Å². The molecule has 10 heteroatoms. The first kappa shape index (κ1) is 23.2. The summed E-state index contributed by atoms with van der Waals surface area (Å²) in [7, 11) is -3.80. The summed E-state index contributed by atoms with van der Waals surface area (Å²) >= 11 is 5.80. The van der Waals surface area contributed by atoms with E-state index in [0.29, 0.717) is 30.0 Å². The molecule has 2 aromatic rings. The van der Waals surface area contributed by atoms with E-state index < -0.39 is 21.8 Å². The number of halogens is 2. The van der Waals surface area contributed by atoms with Gasteiger partial charge in [0.1, 0.15) is 5.82 Å². The van der Waals surface area contributed by atoms with Gasteiger partial charge in [0, 0.05) is 36.8 Å². The van der Waals surface area contributed by atoms with Gasteiger partial charge in [-0.1, -0.05) is 11.6 Å². The Kier molecular flexibility index (Phi) is 7.64. The van der Waals surface area contributed by atoms with E-state index in [2.05, 4.69) is 10.6 Å². The highest BCUT2D eigenvalue weighted by molar-refractivity contribution is 7.89. The van der Waals surface area contributed by atoms with Crippen LogP contribution in [0.5, 0.6) is 0 Å². The minimum absolute atomic E-state index is 0.000120. The summed E-state index contributed by atoms with van der Waals surface area (Å²) in [5.41, 5.74) is 0.463. The minimum Gasteiger partial charge on any atom is -0.354 e. The molecule has 0 saturated carbocycles. The first-order valence-corrected chi connectivity index (χ1v) is 11.7. The van der Waals surface area contributed by atoms with Crippen LogP contribution < -0.4 is 10.6 Å². The Bertz CT molecular complexity index is 1030. The van der Waals surface area contributed by atoms with Crippen LogP contribution in [0.2, 0.25) is 5.02 Å². The Balaban J connectivity index is 1.48. The molecule has 1 aliphatic rings. The molecule has 1 saturated heterocycles. The Hall–Kier alpha value is -2.49. The maximum absolute atomic E-state index is 13.1. The van der Waals surface area contributed by atoms with Crippen LogP contribution in [0.15, 0.2) is 53.4 Å². The van der Waals surface area contributed by atoms with Crippen LogP contribution in [-0.2, 0) is 14.8 Å². The number of hydrogen-bond acceptors (Lipinski definition) is 4. The van der Waals surface area contributed by atoms with Gasteiger partial charge in [0.25, 0.3) is 5.91 Å². The monoisotopic (exact) mass is 467 g/mol. The van der Waals surface area contributed by atoms with Gasteiger partial charge in [0.05, 0.1) is 10.8 Å². The summed E-state index contributed by atoms with van der Waals surface area (Å²) < 4.78 is 39.9. The molecule has 166 valence electrons. The largest absolute Gasteiger partial charge is 0.354 e. The normalized spacial score (nSPS) is 17.2. The number of nitrogens with zero attached hydrogens (tertiary/aromatic N) is 1. The topological polar surface area (TPSA) is 95.6 Å². The molecule has 0 bridgehead atoms. The van der Waals surface area contributed by atoms with E-state index >= 15 is 0 Å². The van der Waals surface area contributed by atoms with Crippen molar-refractivity contribution in [3.8, 4) is 0 Å². The van der Waals surface area contributed by atoms with Gasteiger partial charge in [-0.3, -0.25) is 9.59 Å². The second-order valence-electron chi connectivity index (χ2n) is 7.21. The highest BCUT2D eigenvalue weighted by atomic mass is 35.5. The average molecular weight is 468 g/mol. The smallest absolute Gasteiger partial charge is 0.251 e. The highest BCUT2D eigenvalue weighted by Gasteiger charge is 2.33. The van der Waals surface area contributed by atoms with Crippen molar-refractivity contribution in [2.45, 2.75) is 17.7 Å². The first-order chi connectivity index (χ1) is 14.8. The number of piperidine rings is 1. The molecule has 0 aromatic heterocycles. The standard InChI is InChI=1S/C21H23ClFN3O4S/c22-17-5-3-15(4-6-17)20(27)24-11-12-25-21(28)16-2-1-13-26(14-16)31(29,30)19-9-7-18(23)8-10-19/h3-10,16H,1-2,11-14H2,(H,24,27)(H,25,28). The zero-order valence-corrected chi connectivity index (χ0v) is 18.3. The van der Waals surface area contributed by atoms with Crippen molar-refractivity contribution >= 4 is 33.4 Å². The molecular weight excluding hydrogens is 445 g/mol. The number of nitrogens with one attached hydrogen (secondary N) is 2. The molecule has 1 heterocycles. The Morgan fingerprint density at radius 2 is 1.68 bits per heavy atom. The summed E-state index contributed by atoms with van der Waals surface area (Å²) in [5.74, 6) is -1.55. The molecule has 0 aliphatic carbocycles. The van der Waals surface area contributed by atoms with Crippen LogP contribution in [-0.4, -0.2) is 50.7 Å². The predicted octanol–water partition coefficient (Wildman–Crippen LogP) is 2.43. The average Bonchev–Trinajstić information content (AvgIpc) is 2.77. The molecule has 3 rings (SSSR count). The molecule has 2 amide bonds. The molecule has 1 aliphatic heterocycles. The summed E-state index contributed by atoms with van der Waals surface area (Å²) in [6.45, 7) is 0.820. The molecule has 1 atom stereocenters. The molecule has 31 heavy (non-hydrogen) atoms. The van der Waals surface area contributed by atoms with Crippen LogP contribution in [0.4, 0.5) is 4.39 Å². The number of rotatable bonds is 7. The van der Waals surface area contributed by atoms with E-state index in [1.54, 1.807) is 24.3 Å². The zero-order valence-electron chi connectivity index (χ0n) is 16.7. The molecule has 1 unspecified atom stereocenters. The number of hydrogen-bond donors (Lipinski definition) is 2. The summed E-state index contributed by atoms with van der Waals surface area (Å²) in [4.78, 5) is 24.5. The lowest BCUT2D eigenvalue weighted by atomic mass is 9.99. The molecule has 0 spiro atoms. The van der Waals surface area contributed by atoms with E-state index in [1.807, 2.05) is 0 Å². The van der Waals surface area contributed by atoms with Crippen LogP contribution >= 0.6 is 11.6 Å². The molecule has 1 fully saturated rings. The van der Waals surface area contributed by atoms with Crippen molar-refractivity contribution in [3.63, 3.8) is 0 Å². The number of carbonyl (C=O) groups excluding carboxylic acids is 2. The van der Waals surface area contributed by atoms with Crippen LogP contribution in [0, 0.1) is 11.7 Å². The summed E-state index contributed by atoms with van der Waals surface area (Å²) in [6.07, 6.45) is 1.12. The summed E-state index contributed by atoms with van der Waals surface area (Å²) in [5, 5.41) is 5.98. The maximum atomic E-state index is 13.1. The van der Waals surface area contributed by atoms with Crippen LogP contribution in [0.3, 0.4) is 0 Å². The lowest BCUT2D eigenvalue weighted by Crippen LogP contribution is -2.46. The van der Waals surface area contributed by atoms with Gasteiger partial charge in [-0.05, 0) is 61.4 Å². The van der Waals surface area contributed by atoms with Gasteiger partial charge in [-0.15, -0.1) is 0 Å². The molecular formula is C21H23ClFN3O4S. The lowest BCUT2D eigenvalue weighted by molar-refractivity contribution is -0.126. The minimum atomic E-state index is -3.80. The van der Waals surface area contributed by atoms with Crippen LogP contribution in [0.1, 0.15) is 23.2 Å². The van der Waals surface area contributed by atoms with E-state index in [4.69, 9.17) is 11.6 Å². The van der Waals surface area contributed by atoms with E-state index in [-0.39, 0.29) is 36.3 Å². The molecule has 0 radical (unpaired) electrons. The number of benzene rings is 2. The van der Waals surface area contributed by atoms with Crippen molar-refractivity contribution in [2.75, 3.05) is 26.2 Å². The zero-order chi connectivity index (χ0) is 22.4. The second-order valence-corrected chi connectivity index (χ2v) is 9.58. The van der Waals surface area contributed by atoms with Gasteiger partial charge < -0.3 is 10.6 Å². The fourth-order valence-electron chi connectivity index (χ4n) is 3.34. The maximum Gasteiger partial charge on any atom is 0.251 e. The Morgan fingerprint density at radius 1 is 1.03 bits per heavy atom. The number of sulfonamides is 1.